The number of sulfonamides is 1. The number of nitro benzene ring substituents is 1. The van der Waals surface area contributed by atoms with Gasteiger partial charge in [0.1, 0.15) is 0 Å². The maximum absolute atomic E-state index is 13.9. The predicted octanol–water partition coefficient (Wildman–Crippen LogP) is 1.02. The molecule has 23 heavy (non-hydrogen) atoms. The first kappa shape index (κ1) is 17.6. The second kappa shape index (κ2) is 6.77. The maximum Gasteiger partial charge on any atom is 0.315 e. The van der Waals surface area contributed by atoms with Gasteiger partial charge in [0.2, 0.25) is 15.8 Å². The number of benzene rings is 1. The number of piperidine rings is 1. The SMILES string of the molecule is COc1c(F)cc(S(=O)(=O)NC2CNCCC2C)cc1[N+](=O)[O-]. The van der Waals surface area contributed by atoms with Crippen molar-refractivity contribution < 1.29 is 22.5 Å². The summed E-state index contributed by atoms with van der Waals surface area (Å²) in [6.45, 7) is 3.15. The Hall–Kier alpha value is -1.78. The van der Waals surface area contributed by atoms with Crippen LogP contribution in [0.3, 0.4) is 0 Å². The number of nitrogens with zero attached hydrogens (tertiary/aromatic N) is 1. The van der Waals surface area contributed by atoms with Crippen LogP contribution >= 0.6 is 0 Å². The highest BCUT2D eigenvalue weighted by atomic mass is 32.2. The van der Waals surface area contributed by atoms with E-state index in [0.717, 1.165) is 32.2 Å². The average molecular weight is 347 g/mol. The molecule has 0 amide bonds. The molecule has 0 aromatic heterocycles. The van der Waals surface area contributed by atoms with Gasteiger partial charge in [0.05, 0.1) is 16.9 Å². The molecule has 0 aliphatic carbocycles. The fraction of sp³-hybridized carbons (Fsp3) is 0.538. The van der Waals surface area contributed by atoms with Gasteiger partial charge >= 0.3 is 5.69 Å². The number of methoxy groups -OCH3 is 1. The molecule has 1 fully saturated rings. The Bertz CT molecular complexity index is 710. The Morgan fingerprint density at radius 2 is 2.17 bits per heavy atom. The minimum atomic E-state index is -4.09. The van der Waals surface area contributed by atoms with Crippen LogP contribution in [0.2, 0.25) is 0 Å². The number of hydrogen-bond acceptors (Lipinski definition) is 6. The molecule has 0 bridgehead atoms. The van der Waals surface area contributed by atoms with Crippen molar-refractivity contribution in [3.8, 4) is 5.75 Å². The standard InChI is InChI=1S/C13H18FN3O5S/c1-8-3-4-15-7-11(8)16-23(20,21)9-5-10(14)13(22-2)12(6-9)17(18)19/h5-6,8,11,15-16H,3-4,7H2,1-2H3. The second-order valence-corrected chi connectivity index (χ2v) is 7.13. The van der Waals surface area contributed by atoms with Gasteiger partial charge in [0, 0.05) is 18.7 Å². The van der Waals surface area contributed by atoms with Crippen molar-refractivity contribution in [2.24, 2.45) is 5.92 Å². The summed E-state index contributed by atoms with van der Waals surface area (Å²) in [5.41, 5.74) is -0.734. The van der Waals surface area contributed by atoms with Crippen LogP contribution in [0, 0.1) is 21.8 Å². The van der Waals surface area contributed by atoms with E-state index in [0.29, 0.717) is 6.54 Å². The van der Waals surface area contributed by atoms with Gasteiger partial charge in [-0.15, -0.1) is 0 Å². The Balaban J connectivity index is 2.38. The molecular weight excluding hydrogens is 329 g/mol. The van der Waals surface area contributed by atoms with Crippen molar-refractivity contribution in [2.45, 2.75) is 24.3 Å². The molecule has 1 saturated heterocycles. The number of halogens is 1. The lowest BCUT2D eigenvalue weighted by Gasteiger charge is -2.29. The molecular formula is C13H18FN3O5S. The van der Waals surface area contributed by atoms with Crippen molar-refractivity contribution in [3.05, 3.63) is 28.1 Å². The summed E-state index contributed by atoms with van der Waals surface area (Å²) in [7, 11) is -3.01. The summed E-state index contributed by atoms with van der Waals surface area (Å²) in [5.74, 6) is -1.59. The molecule has 1 aromatic carbocycles. The van der Waals surface area contributed by atoms with Crippen molar-refractivity contribution in [1.29, 1.82) is 0 Å². The third kappa shape index (κ3) is 3.77. The van der Waals surface area contributed by atoms with E-state index in [2.05, 4.69) is 14.8 Å². The summed E-state index contributed by atoms with van der Waals surface area (Å²) in [6, 6.07) is 1.15. The van der Waals surface area contributed by atoms with E-state index in [-0.39, 0.29) is 12.0 Å². The molecule has 2 rings (SSSR count). The van der Waals surface area contributed by atoms with E-state index in [1.165, 1.54) is 0 Å². The molecule has 1 heterocycles. The topological polar surface area (TPSA) is 111 Å². The van der Waals surface area contributed by atoms with E-state index in [1.54, 1.807) is 0 Å². The number of nitrogens with one attached hydrogen (secondary N) is 2. The fourth-order valence-electron chi connectivity index (χ4n) is 2.46. The minimum absolute atomic E-state index is 0.101. The lowest BCUT2D eigenvalue weighted by molar-refractivity contribution is -0.386. The first-order chi connectivity index (χ1) is 10.8. The van der Waals surface area contributed by atoms with E-state index < -0.39 is 37.1 Å². The van der Waals surface area contributed by atoms with Crippen LogP contribution in [0.1, 0.15) is 13.3 Å². The molecule has 1 aliphatic heterocycles. The lowest BCUT2D eigenvalue weighted by atomic mass is 9.96. The van der Waals surface area contributed by atoms with Gasteiger partial charge in [0.25, 0.3) is 0 Å². The highest BCUT2D eigenvalue weighted by molar-refractivity contribution is 7.89. The summed E-state index contributed by atoms with van der Waals surface area (Å²) >= 11 is 0. The third-order valence-corrected chi connectivity index (χ3v) is 5.31. The Morgan fingerprint density at radius 3 is 2.74 bits per heavy atom. The van der Waals surface area contributed by atoms with Crippen LogP contribution in [-0.2, 0) is 10.0 Å². The van der Waals surface area contributed by atoms with Gasteiger partial charge in [-0.1, -0.05) is 6.92 Å². The summed E-state index contributed by atoms with van der Waals surface area (Å²) in [5, 5.41) is 14.1. The molecule has 1 aromatic rings. The first-order valence-electron chi connectivity index (χ1n) is 7.01. The van der Waals surface area contributed by atoms with Crippen LogP contribution in [0.25, 0.3) is 0 Å². The molecule has 2 atom stereocenters. The normalized spacial score (nSPS) is 21.9. The number of ether oxygens (including phenoxy) is 1. The van der Waals surface area contributed by atoms with Gasteiger partial charge < -0.3 is 10.1 Å². The van der Waals surface area contributed by atoms with E-state index >= 15 is 0 Å². The maximum atomic E-state index is 13.9. The highest BCUT2D eigenvalue weighted by Gasteiger charge is 2.30. The van der Waals surface area contributed by atoms with Crippen LogP contribution < -0.4 is 14.8 Å². The van der Waals surface area contributed by atoms with Crippen LogP contribution in [-0.4, -0.2) is 39.6 Å². The number of nitro groups is 1. The van der Waals surface area contributed by atoms with Crippen LogP contribution in [0.5, 0.6) is 5.75 Å². The Morgan fingerprint density at radius 1 is 1.48 bits per heavy atom. The lowest BCUT2D eigenvalue weighted by Crippen LogP contribution is -2.50. The molecule has 10 heteroatoms. The third-order valence-electron chi connectivity index (χ3n) is 3.84. The van der Waals surface area contributed by atoms with Gasteiger partial charge in [-0.3, -0.25) is 10.1 Å². The zero-order valence-electron chi connectivity index (χ0n) is 12.7. The average Bonchev–Trinajstić information content (AvgIpc) is 2.48. The number of rotatable bonds is 5. The first-order valence-corrected chi connectivity index (χ1v) is 8.49. The van der Waals surface area contributed by atoms with Gasteiger partial charge in [-0.2, -0.15) is 0 Å². The Kier molecular flexibility index (Phi) is 5.17. The van der Waals surface area contributed by atoms with E-state index in [4.69, 9.17) is 0 Å². The van der Waals surface area contributed by atoms with Gasteiger partial charge in [-0.05, 0) is 24.9 Å². The summed E-state index contributed by atoms with van der Waals surface area (Å²) in [4.78, 5) is 9.60. The van der Waals surface area contributed by atoms with E-state index in [9.17, 15) is 22.9 Å². The molecule has 2 N–H and O–H groups in total. The van der Waals surface area contributed by atoms with Crippen molar-refractivity contribution in [1.82, 2.24) is 10.0 Å². The molecule has 0 radical (unpaired) electrons. The zero-order chi connectivity index (χ0) is 17.2. The van der Waals surface area contributed by atoms with Crippen molar-refractivity contribution in [2.75, 3.05) is 20.2 Å². The van der Waals surface area contributed by atoms with Gasteiger partial charge in [-0.25, -0.2) is 17.5 Å². The van der Waals surface area contributed by atoms with Crippen LogP contribution in [0.4, 0.5) is 10.1 Å². The smallest absolute Gasteiger partial charge is 0.315 e. The predicted molar refractivity (Wildman–Crippen MR) is 80.4 cm³/mol. The van der Waals surface area contributed by atoms with Crippen molar-refractivity contribution in [3.63, 3.8) is 0 Å². The molecule has 1 aliphatic rings. The van der Waals surface area contributed by atoms with Gasteiger partial charge in [0.15, 0.2) is 5.82 Å². The summed E-state index contributed by atoms with van der Waals surface area (Å²) in [6.07, 6.45) is 0.796. The molecule has 0 spiro atoms. The minimum Gasteiger partial charge on any atom is -0.488 e. The van der Waals surface area contributed by atoms with Crippen molar-refractivity contribution >= 4 is 15.7 Å². The zero-order valence-corrected chi connectivity index (χ0v) is 13.5. The monoisotopic (exact) mass is 347 g/mol. The highest BCUT2D eigenvalue weighted by Crippen LogP contribution is 2.32. The molecule has 8 nitrogen and oxygen atoms in total. The largest absolute Gasteiger partial charge is 0.488 e. The molecule has 0 saturated carbocycles. The van der Waals surface area contributed by atoms with E-state index in [1.807, 2.05) is 6.92 Å². The number of hydrogen-bond donors (Lipinski definition) is 2. The summed E-state index contributed by atoms with van der Waals surface area (Å²) < 4.78 is 45.8. The quantitative estimate of drug-likeness (QED) is 0.608. The fourth-order valence-corrected chi connectivity index (χ4v) is 3.84. The molecule has 2 unspecified atom stereocenters. The van der Waals surface area contributed by atoms with Crippen LogP contribution in [0.15, 0.2) is 17.0 Å². The Labute approximate surface area is 133 Å². The second-order valence-electron chi connectivity index (χ2n) is 5.41. The molecule has 128 valence electrons.